The summed E-state index contributed by atoms with van der Waals surface area (Å²) in [5.41, 5.74) is 1.23. The maximum Gasteiger partial charge on any atom is 0.0640 e. The number of fused-ring (bicyclic) bond motifs is 1. The number of nitrogens with zero attached hydrogens (tertiary/aromatic N) is 2. The first-order chi connectivity index (χ1) is 7.79. The molecule has 3 heteroatoms. The SMILES string of the molecule is CNC(Cc1ccn(C)n1)C1C2CCCC21. The van der Waals surface area contributed by atoms with E-state index in [1.807, 2.05) is 17.9 Å². The molecule has 2 aliphatic carbocycles. The van der Waals surface area contributed by atoms with E-state index >= 15 is 0 Å². The lowest BCUT2D eigenvalue weighted by Gasteiger charge is -2.16. The van der Waals surface area contributed by atoms with E-state index in [4.69, 9.17) is 0 Å². The first-order valence-corrected chi connectivity index (χ1v) is 6.45. The van der Waals surface area contributed by atoms with Crippen LogP contribution >= 0.6 is 0 Å². The minimum absolute atomic E-state index is 0.644. The third-order valence-electron chi connectivity index (χ3n) is 4.51. The van der Waals surface area contributed by atoms with Crippen LogP contribution < -0.4 is 5.32 Å². The van der Waals surface area contributed by atoms with Gasteiger partial charge in [0.05, 0.1) is 5.69 Å². The van der Waals surface area contributed by atoms with Crippen molar-refractivity contribution >= 4 is 0 Å². The van der Waals surface area contributed by atoms with E-state index in [2.05, 4.69) is 23.5 Å². The molecule has 1 heterocycles. The normalized spacial score (nSPS) is 33.8. The number of aryl methyl sites for hydroxylation is 1. The molecule has 2 aliphatic rings. The number of rotatable bonds is 4. The van der Waals surface area contributed by atoms with Crippen molar-refractivity contribution < 1.29 is 0 Å². The van der Waals surface area contributed by atoms with Crippen molar-refractivity contribution in [3.05, 3.63) is 18.0 Å². The predicted octanol–water partition coefficient (Wildman–Crippen LogP) is 1.60. The Kier molecular flexibility index (Phi) is 2.51. The highest BCUT2D eigenvalue weighted by Crippen LogP contribution is 2.59. The van der Waals surface area contributed by atoms with E-state index in [0.29, 0.717) is 6.04 Å². The Bertz CT molecular complexity index is 361. The van der Waals surface area contributed by atoms with Gasteiger partial charge in [0, 0.05) is 25.7 Å². The van der Waals surface area contributed by atoms with Gasteiger partial charge in [0.2, 0.25) is 0 Å². The molecule has 3 nitrogen and oxygen atoms in total. The van der Waals surface area contributed by atoms with Gasteiger partial charge in [-0.1, -0.05) is 6.42 Å². The van der Waals surface area contributed by atoms with Gasteiger partial charge in [-0.05, 0) is 43.7 Å². The maximum absolute atomic E-state index is 4.48. The zero-order valence-corrected chi connectivity index (χ0v) is 10.2. The number of hydrogen-bond donors (Lipinski definition) is 1. The average molecular weight is 219 g/mol. The van der Waals surface area contributed by atoms with Crippen molar-refractivity contribution in [3.8, 4) is 0 Å². The first-order valence-electron chi connectivity index (χ1n) is 6.45. The molecule has 2 fully saturated rings. The smallest absolute Gasteiger partial charge is 0.0640 e. The van der Waals surface area contributed by atoms with Crippen LogP contribution in [-0.4, -0.2) is 22.9 Å². The Hall–Kier alpha value is -0.830. The number of nitrogens with one attached hydrogen (secondary N) is 1. The highest BCUT2D eigenvalue weighted by Gasteiger charge is 2.55. The van der Waals surface area contributed by atoms with Crippen LogP contribution in [0.2, 0.25) is 0 Å². The molecule has 0 aliphatic heterocycles. The standard InChI is InChI=1S/C13H21N3/c1-14-12(8-9-6-7-16(2)15-9)13-10-4-3-5-11(10)13/h6-7,10-14H,3-5,8H2,1-2H3. The third-order valence-corrected chi connectivity index (χ3v) is 4.51. The lowest BCUT2D eigenvalue weighted by Crippen LogP contribution is -2.31. The molecule has 0 radical (unpaired) electrons. The Morgan fingerprint density at radius 2 is 2.25 bits per heavy atom. The third kappa shape index (κ3) is 1.67. The van der Waals surface area contributed by atoms with Gasteiger partial charge in [-0.2, -0.15) is 5.10 Å². The molecule has 0 saturated heterocycles. The molecule has 2 saturated carbocycles. The molecule has 1 N–H and O–H groups in total. The topological polar surface area (TPSA) is 29.9 Å². The minimum atomic E-state index is 0.644. The monoisotopic (exact) mass is 219 g/mol. The minimum Gasteiger partial charge on any atom is -0.316 e. The fourth-order valence-corrected chi connectivity index (χ4v) is 3.70. The van der Waals surface area contributed by atoms with Crippen molar-refractivity contribution in [2.75, 3.05) is 7.05 Å². The van der Waals surface area contributed by atoms with Gasteiger partial charge in [0.25, 0.3) is 0 Å². The second-order valence-corrected chi connectivity index (χ2v) is 5.42. The Morgan fingerprint density at radius 1 is 1.50 bits per heavy atom. The second-order valence-electron chi connectivity index (χ2n) is 5.42. The van der Waals surface area contributed by atoms with Crippen molar-refractivity contribution in [2.24, 2.45) is 24.8 Å². The average Bonchev–Trinajstić information content (AvgIpc) is 2.70. The fourth-order valence-electron chi connectivity index (χ4n) is 3.70. The zero-order valence-electron chi connectivity index (χ0n) is 10.2. The summed E-state index contributed by atoms with van der Waals surface area (Å²) in [4.78, 5) is 0. The molecule has 3 atom stereocenters. The summed E-state index contributed by atoms with van der Waals surface area (Å²) in [5, 5.41) is 7.98. The number of hydrogen-bond acceptors (Lipinski definition) is 2. The lowest BCUT2D eigenvalue weighted by molar-refractivity contribution is 0.424. The highest BCUT2D eigenvalue weighted by atomic mass is 15.2. The number of aromatic nitrogens is 2. The predicted molar refractivity (Wildman–Crippen MR) is 64.1 cm³/mol. The molecule has 88 valence electrons. The molecular formula is C13H21N3. The van der Waals surface area contributed by atoms with Crippen LogP contribution in [0.15, 0.2) is 12.3 Å². The molecule has 16 heavy (non-hydrogen) atoms. The molecule has 3 unspecified atom stereocenters. The fraction of sp³-hybridized carbons (Fsp3) is 0.769. The molecule has 0 amide bonds. The van der Waals surface area contributed by atoms with Crippen LogP contribution in [0.25, 0.3) is 0 Å². The Labute approximate surface area is 97.2 Å². The first kappa shape index (κ1) is 10.3. The van der Waals surface area contributed by atoms with Crippen molar-refractivity contribution in [1.82, 2.24) is 15.1 Å². The van der Waals surface area contributed by atoms with Gasteiger partial charge in [-0.15, -0.1) is 0 Å². The van der Waals surface area contributed by atoms with Gasteiger partial charge in [-0.3, -0.25) is 4.68 Å². The molecular weight excluding hydrogens is 198 g/mol. The van der Waals surface area contributed by atoms with Crippen LogP contribution in [0.1, 0.15) is 25.0 Å². The van der Waals surface area contributed by atoms with E-state index in [1.165, 1.54) is 25.0 Å². The molecule has 0 spiro atoms. The zero-order chi connectivity index (χ0) is 11.1. The van der Waals surface area contributed by atoms with Crippen molar-refractivity contribution in [3.63, 3.8) is 0 Å². The van der Waals surface area contributed by atoms with E-state index in [1.54, 1.807) is 0 Å². The quantitative estimate of drug-likeness (QED) is 0.833. The second kappa shape index (κ2) is 3.88. The summed E-state index contributed by atoms with van der Waals surface area (Å²) >= 11 is 0. The Morgan fingerprint density at radius 3 is 2.81 bits per heavy atom. The number of likely N-dealkylation sites (N-methyl/N-ethyl adjacent to an activating group) is 1. The van der Waals surface area contributed by atoms with Crippen LogP contribution in [0.4, 0.5) is 0 Å². The Balaban J connectivity index is 1.64. The molecule has 0 aromatic carbocycles. The summed E-state index contributed by atoms with van der Waals surface area (Å²) in [6.07, 6.45) is 7.53. The lowest BCUT2D eigenvalue weighted by atomic mass is 10.00. The molecule has 3 rings (SSSR count). The maximum atomic E-state index is 4.48. The molecule has 1 aromatic rings. The van der Waals surface area contributed by atoms with Crippen LogP contribution in [0.3, 0.4) is 0 Å². The van der Waals surface area contributed by atoms with E-state index < -0.39 is 0 Å². The van der Waals surface area contributed by atoms with Crippen molar-refractivity contribution in [2.45, 2.75) is 31.7 Å². The van der Waals surface area contributed by atoms with Crippen LogP contribution in [-0.2, 0) is 13.5 Å². The van der Waals surface area contributed by atoms with Gasteiger partial charge >= 0.3 is 0 Å². The van der Waals surface area contributed by atoms with Crippen LogP contribution in [0.5, 0.6) is 0 Å². The summed E-state index contributed by atoms with van der Waals surface area (Å²) < 4.78 is 1.90. The summed E-state index contributed by atoms with van der Waals surface area (Å²) in [6.45, 7) is 0. The van der Waals surface area contributed by atoms with Gasteiger partial charge in [0.15, 0.2) is 0 Å². The molecule has 0 bridgehead atoms. The largest absolute Gasteiger partial charge is 0.316 e. The van der Waals surface area contributed by atoms with E-state index in [-0.39, 0.29) is 0 Å². The summed E-state index contributed by atoms with van der Waals surface area (Å²) in [7, 11) is 4.09. The van der Waals surface area contributed by atoms with Crippen molar-refractivity contribution in [1.29, 1.82) is 0 Å². The van der Waals surface area contributed by atoms with Crippen LogP contribution in [0, 0.1) is 17.8 Å². The highest BCUT2D eigenvalue weighted by molar-refractivity contribution is 5.10. The van der Waals surface area contributed by atoms with E-state index in [9.17, 15) is 0 Å². The molecule has 1 aromatic heterocycles. The summed E-state index contributed by atoms with van der Waals surface area (Å²) in [6, 6.07) is 2.79. The van der Waals surface area contributed by atoms with Gasteiger partial charge in [0.1, 0.15) is 0 Å². The van der Waals surface area contributed by atoms with Gasteiger partial charge < -0.3 is 5.32 Å². The van der Waals surface area contributed by atoms with Gasteiger partial charge in [-0.25, -0.2) is 0 Å². The van der Waals surface area contributed by atoms with E-state index in [0.717, 1.165) is 24.2 Å². The summed E-state index contributed by atoms with van der Waals surface area (Å²) in [5.74, 6) is 2.99.